The number of rotatable bonds is 3. The van der Waals surface area contributed by atoms with Crippen molar-refractivity contribution in [3.05, 3.63) is 60.9 Å². The van der Waals surface area contributed by atoms with Gasteiger partial charge < -0.3 is 9.47 Å². The molecule has 1 atom stereocenters. The van der Waals surface area contributed by atoms with E-state index in [0.29, 0.717) is 12.7 Å². The van der Waals surface area contributed by atoms with Crippen molar-refractivity contribution in [1.29, 1.82) is 0 Å². The molecule has 0 saturated carbocycles. The van der Waals surface area contributed by atoms with Gasteiger partial charge in [0.1, 0.15) is 18.5 Å². The van der Waals surface area contributed by atoms with E-state index in [1.54, 1.807) is 18.5 Å². The highest BCUT2D eigenvalue weighted by Crippen LogP contribution is 2.25. The van der Waals surface area contributed by atoms with Gasteiger partial charge in [0.2, 0.25) is 0 Å². The number of hydrogen-bond donors (Lipinski definition) is 0. The van der Waals surface area contributed by atoms with Crippen LogP contribution in [-0.4, -0.2) is 34.7 Å². The molecule has 2 aromatic carbocycles. The zero-order valence-electron chi connectivity index (χ0n) is 11.4. The first kappa shape index (κ1) is 13.5. The largest absolute Gasteiger partial charge is 0.490 e. The van der Waals surface area contributed by atoms with Gasteiger partial charge in [0.15, 0.2) is 0 Å². The first-order valence-corrected chi connectivity index (χ1v) is 6.74. The van der Waals surface area contributed by atoms with Gasteiger partial charge in [-0.1, -0.05) is 36.4 Å². The molecule has 1 unspecified atom stereocenters. The van der Waals surface area contributed by atoms with Crippen LogP contribution in [0.4, 0.5) is 0 Å². The van der Waals surface area contributed by atoms with Gasteiger partial charge in [0.05, 0.1) is 19.0 Å². The molecule has 2 heterocycles. The van der Waals surface area contributed by atoms with Crippen molar-refractivity contribution in [3.8, 4) is 5.75 Å². The molecule has 3 aromatic rings. The second-order valence-electron chi connectivity index (χ2n) is 4.55. The summed E-state index contributed by atoms with van der Waals surface area (Å²) in [5.41, 5.74) is 0. The van der Waals surface area contributed by atoms with Crippen LogP contribution in [0.25, 0.3) is 10.8 Å². The molecular weight excluding hydrogens is 266 g/mol. The predicted molar refractivity (Wildman–Crippen MR) is 79.0 cm³/mol. The highest BCUT2D eigenvalue weighted by molar-refractivity contribution is 5.88. The van der Waals surface area contributed by atoms with Crippen molar-refractivity contribution in [2.45, 2.75) is 6.10 Å². The smallest absolute Gasteiger partial charge is 0.127 e. The van der Waals surface area contributed by atoms with Crippen molar-refractivity contribution < 1.29 is 9.47 Å². The number of aromatic nitrogens is 3. The maximum Gasteiger partial charge on any atom is 0.127 e. The molecule has 0 N–H and O–H groups in total. The van der Waals surface area contributed by atoms with Crippen LogP contribution < -0.4 is 4.74 Å². The van der Waals surface area contributed by atoms with Gasteiger partial charge >= 0.3 is 0 Å². The highest BCUT2D eigenvalue weighted by atomic mass is 16.6. The summed E-state index contributed by atoms with van der Waals surface area (Å²) in [6, 6.07) is 16.1. The van der Waals surface area contributed by atoms with Crippen LogP contribution in [-0.2, 0) is 4.74 Å². The lowest BCUT2D eigenvalue weighted by Crippen LogP contribution is -2.04. The fourth-order valence-electron chi connectivity index (χ4n) is 1.87. The van der Waals surface area contributed by atoms with E-state index in [9.17, 15) is 0 Å². The minimum absolute atomic E-state index is 0.309. The number of fused-ring (bicyclic) bond motifs is 1. The Kier molecular flexibility index (Phi) is 4.33. The molecule has 5 heteroatoms. The molecule has 4 rings (SSSR count). The Bertz CT molecular complexity index is 655. The maximum absolute atomic E-state index is 5.72. The second kappa shape index (κ2) is 6.76. The molecule has 106 valence electrons. The Morgan fingerprint density at radius 2 is 1.76 bits per heavy atom. The summed E-state index contributed by atoms with van der Waals surface area (Å²) in [6.45, 7) is 1.50. The van der Waals surface area contributed by atoms with Gasteiger partial charge in [-0.3, -0.25) is 0 Å². The van der Waals surface area contributed by atoms with Crippen molar-refractivity contribution in [1.82, 2.24) is 15.4 Å². The van der Waals surface area contributed by atoms with Crippen LogP contribution in [0.5, 0.6) is 5.75 Å². The van der Waals surface area contributed by atoms with E-state index < -0.39 is 0 Å². The highest BCUT2D eigenvalue weighted by Gasteiger charge is 2.23. The molecule has 5 nitrogen and oxygen atoms in total. The quantitative estimate of drug-likeness (QED) is 0.690. The Hall–Kier alpha value is -2.53. The summed E-state index contributed by atoms with van der Waals surface area (Å²) >= 11 is 0. The van der Waals surface area contributed by atoms with E-state index in [-0.39, 0.29) is 0 Å². The van der Waals surface area contributed by atoms with Crippen LogP contribution in [0.3, 0.4) is 0 Å². The van der Waals surface area contributed by atoms with Crippen LogP contribution in [0.15, 0.2) is 60.9 Å². The van der Waals surface area contributed by atoms with Crippen molar-refractivity contribution in [3.63, 3.8) is 0 Å². The first-order valence-electron chi connectivity index (χ1n) is 6.74. The Morgan fingerprint density at radius 3 is 2.43 bits per heavy atom. The summed E-state index contributed by atoms with van der Waals surface area (Å²) in [5.74, 6) is 0.948. The normalized spacial score (nSPS) is 15.9. The van der Waals surface area contributed by atoms with E-state index in [4.69, 9.17) is 9.47 Å². The molecule has 1 aromatic heterocycles. The number of benzene rings is 2. The van der Waals surface area contributed by atoms with Crippen molar-refractivity contribution in [2.24, 2.45) is 0 Å². The van der Waals surface area contributed by atoms with E-state index in [1.165, 1.54) is 10.8 Å². The fraction of sp³-hybridized carbons (Fsp3) is 0.188. The molecule has 1 aliphatic rings. The number of hydrogen-bond acceptors (Lipinski definition) is 5. The molecule has 1 aliphatic heterocycles. The number of nitrogens with zero attached hydrogens (tertiary/aromatic N) is 3. The zero-order valence-corrected chi connectivity index (χ0v) is 11.4. The summed E-state index contributed by atoms with van der Waals surface area (Å²) in [6.07, 6.45) is 3.46. The van der Waals surface area contributed by atoms with Gasteiger partial charge in [-0.2, -0.15) is 0 Å². The average Bonchev–Trinajstić information content (AvgIpc) is 3.39. The van der Waals surface area contributed by atoms with Crippen LogP contribution in [0.2, 0.25) is 0 Å². The lowest BCUT2D eigenvalue weighted by Gasteiger charge is -2.07. The molecule has 0 aliphatic carbocycles. The van der Waals surface area contributed by atoms with Crippen LogP contribution >= 0.6 is 0 Å². The molecule has 1 saturated heterocycles. The van der Waals surface area contributed by atoms with Gasteiger partial charge in [-0.15, -0.1) is 10.2 Å². The minimum Gasteiger partial charge on any atom is -0.490 e. The first-order chi connectivity index (χ1) is 10.4. The molecule has 0 radical (unpaired) electrons. The van der Waals surface area contributed by atoms with Crippen LogP contribution in [0, 0.1) is 0 Å². The number of epoxide rings is 1. The van der Waals surface area contributed by atoms with Gasteiger partial charge in [0, 0.05) is 5.39 Å². The van der Waals surface area contributed by atoms with Gasteiger partial charge in [0.25, 0.3) is 0 Å². The predicted octanol–water partition coefficient (Wildman–Crippen LogP) is 2.49. The summed E-state index contributed by atoms with van der Waals surface area (Å²) in [4.78, 5) is 0. The lowest BCUT2D eigenvalue weighted by molar-refractivity contribution is 0.265. The SMILES string of the molecule is c1ccc2c(OCC3CO3)cccc2c1.c1cnnnc1. The van der Waals surface area contributed by atoms with Gasteiger partial charge in [-0.25, -0.2) is 0 Å². The Morgan fingerprint density at radius 1 is 1.00 bits per heavy atom. The van der Waals surface area contributed by atoms with Crippen molar-refractivity contribution >= 4 is 10.8 Å². The molecular formula is C16H15N3O2. The summed E-state index contributed by atoms with van der Waals surface area (Å²) < 4.78 is 10.8. The molecule has 0 amide bonds. The summed E-state index contributed by atoms with van der Waals surface area (Å²) in [5, 5.41) is 12.5. The minimum atomic E-state index is 0.309. The molecule has 1 fully saturated rings. The fourth-order valence-corrected chi connectivity index (χ4v) is 1.87. The third kappa shape index (κ3) is 3.97. The van der Waals surface area contributed by atoms with E-state index in [1.807, 2.05) is 24.3 Å². The number of ether oxygens (including phenoxy) is 2. The van der Waals surface area contributed by atoms with Gasteiger partial charge in [-0.05, 0) is 22.7 Å². The van der Waals surface area contributed by atoms with Crippen molar-refractivity contribution in [2.75, 3.05) is 13.2 Å². The standard InChI is InChI=1S/C13H12O2.C3H3N3/c1-2-6-12-10(4-1)5-3-7-13(12)15-9-11-8-14-11;1-2-4-6-5-3-1/h1-7,11H,8-9H2;1-3H. The maximum atomic E-state index is 5.72. The second-order valence-corrected chi connectivity index (χ2v) is 4.55. The van der Waals surface area contributed by atoms with E-state index >= 15 is 0 Å². The summed E-state index contributed by atoms with van der Waals surface area (Å²) in [7, 11) is 0. The molecule has 21 heavy (non-hydrogen) atoms. The average molecular weight is 281 g/mol. The monoisotopic (exact) mass is 281 g/mol. The van der Waals surface area contributed by atoms with E-state index in [2.05, 4.69) is 33.6 Å². The molecule has 0 spiro atoms. The third-order valence-electron chi connectivity index (χ3n) is 2.99. The zero-order chi connectivity index (χ0) is 14.3. The Labute approximate surface area is 122 Å². The van der Waals surface area contributed by atoms with E-state index in [0.717, 1.165) is 12.4 Å². The van der Waals surface area contributed by atoms with Crippen LogP contribution in [0.1, 0.15) is 0 Å². The third-order valence-corrected chi connectivity index (χ3v) is 2.99. The topological polar surface area (TPSA) is 60.4 Å². The lowest BCUT2D eigenvalue weighted by atomic mass is 10.1. The Balaban J connectivity index is 0.000000186. The molecule has 0 bridgehead atoms.